The van der Waals surface area contributed by atoms with Crippen molar-refractivity contribution in [3.8, 4) is 0 Å². The lowest BCUT2D eigenvalue weighted by Crippen LogP contribution is -2.32. The lowest BCUT2D eigenvalue weighted by atomic mass is 9.82. The standard InChI is InChI=1S/C16H18O2/c1-6-13-9(2)7-12-8-16(5,11(4)17)15(18)14(12)10(13)3/h6-7H,1,8H2,2-5H3. The Bertz CT molecular complexity index is 581. The van der Waals surface area contributed by atoms with Crippen molar-refractivity contribution in [2.45, 2.75) is 34.1 Å². The topological polar surface area (TPSA) is 34.1 Å². The van der Waals surface area contributed by atoms with Gasteiger partial charge in [-0.15, -0.1) is 0 Å². The fourth-order valence-corrected chi connectivity index (χ4v) is 2.87. The van der Waals surface area contributed by atoms with Crippen molar-refractivity contribution >= 4 is 17.6 Å². The summed E-state index contributed by atoms with van der Waals surface area (Å²) in [6, 6.07) is 2.02. The van der Waals surface area contributed by atoms with Gasteiger partial charge >= 0.3 is 0 Å². The molecule has 94 valence electrons. The van der Waals surface area contributed by atoms with Gasteiger partial charge in [-0.05, 0) is 56.4 Å². The number of hydrogen-bond donors (Lipinski definition) is 0. The van der Waals surface area contributed by atoms with E-state index in [-0.39, 0.29) is 11.6 Å². The van der Waals surface area contributed by atoms with Crippen molar-refractivity contribution < 1.29 is 9.59 Å². The second-order valence-corrected chi connectivity index (χ2v) is 5.36. The van der Waals surface area contributed by atoms with E-state index in [2.05, 4.69) is 6.58 Å². The monoisotopic (exact) mass is 242 g/mol. The molecule has 1 aromatic carbocycles. The third kappa shape index (κ3) is 1.48. The Balaban J connectivity index is 2.71. The maximum absolute atomic E-state index is 12.5. The van der Waals surface area contributed by atoms with Crippen LogP contribution in [0.3, 0.4) is 0 Å². The number of Topliss-reactive ketones (excluding diaryl/α,β-unsaturated/α-hetero) is 2. The van der Waals surface area contributed by atoms with Gasteiger partial charge in [0.2, 0.25) is 0 Å². The summed E-state index contributed by atoms with van der Waals surface area (Å²) in [4.78, 5) is 24.3. The van der Waals surface area contributed by atoms with Gasteiger partial charge < -0.3 is 0 Å². The van der Waals surface area contributed by atoms with Crippen molar-refractivity contribution in [1.82, 2.24) is 0 Å². The first-order valence-electron chi connectivity index (χ1n) is 6.14. The van der Waals surface area contributed by atoms with Gasteiger partial charge in [0, 0.05) is 5.56 Å². The van der Waals surface area contributed by atoms with Crippen LogP contribution in [0.4, 0.5) is 0 Å². The van der Waals surface area contributed by atoms with Crippen molar-refractivity contribution in [2.24, 2.45) is 5.41 Å². The van der Waals surface area contributed by atoms with Gasteiger partial charge in [0.05, 0.1) is 5.41 Å². The van der Waals surface area contributed by atoms with Crippen LogP contribution in [-0.2, 0) is 11.2 Å². The smallest absolute Gasteiger partial charge is 0.176 e. The fraction of sp³-hybridized carbons (Fsp3) is 0.375. The zero-order chi connectivity index (χ0) is 13.7. The Morgan fingerprint density at radius 2 is 2.06 bits per heavy atom. The predicted molar refractivity (Wildman–Crippen MR) is 72.8 cm³/mol. The number of fused-ring (bicyclic) bond motifs is 1. The van der Waals surface area contributed by atoms with E-state index >= 15 is 0 Å². The molecule has 0 saturated heterocycles. The molecule has 1 aliphatic rings. The van der Waals surface area contributed by atoms with Crippen LogP contribution in [0.5, 0.6) is 0 Å². The van der Waals surface area contributed by atoms with Crippen molar-refractivity contribution in [1.29, 1.82) is 0 Å². The SMILES string of the molecule is C=Cc1c(C)cc2c(c1C)C(=O)C(C)(C(C)=O)C2. The van der Waals surface area contributed by atoms with Gasteiger partial charge in [0.25, 0.3) is 0 Å². The van der Waals surface area contributed by atoms with E-state index in [0.717, 1.165) is 27.8 Å². The Morgan fingerprint density at radius 1 is 1.44 bits per heavy atom. The van der Waals surface area contributed by atoms with E-state index in [9.17, 15) is 9.59 Å². The van der Waals surface area contributed by atoms with E-state index in [1.807, 2.05) is 19.9 Å². The molecule has 0 N–H and O–H groups in total. The van der Waals surface area contributed by atoms with Gasteiger partial charge in [0.1, 0.15) is 5.78 Å². The summed E-state index contributed by atoms with van der Waals surface area (Å²) < 4.78 is 0. The number of benzene rings is 1. The Morgan fingerprint density at radius 3 is 2.56 bits per heavy atom. The van der Waals surface area contributed by atoms with Crippen LogP contribution in [0.25, 0.3) is 6.08 Å². The van der Waals surface area contributed by atoms with Gasteiger partial charge in [-0.25, -0.2) is 0 Å². The lowest BCUT2D eigenvalue weighted by Gasteiger charge is -2.17. The summed E-state index contributed by atoms with van der Waals surface area (Å²) in [7, 11) is 0. The molecule has 0 spiro atoms. The van der Waals surface area contributed by atoms with Crippen molar-refractivity contribution in [2.75, 3.05) is 0 Å². The van der Waals surface area contributed by atoms with Crippen molar-refractivity contribution in [3.63, 3.8) is 0 Å². The minimum absolute atomic E-state index is 0.0365. The molecular weight excluding hydrogens is 224 g/mol. The summed E-state index contributed by atoms with van der Waals surface area (Å²) in [5.41, 5.74) is 3.93. The van der Waals surface area contributed by atoms with Crippen LogP contribution in [0.2, 0.25) is 0 Å². The number of hydrogen-bond acceptors (Lipinski definition) is 2. The third-order valence-electron chi connectivity index (χ3n) is 4.17. The molecular formula is C16H18O2. The maximum Gasteiger partial charge on any atom is 0.176 e. The number of aryl methyl sites for hydroxylation is 1. The van der Waals surface area contributed by atoms with Crippen LogP contribution in [-0.4, -0.2) is 11.6 Å². The molecule has 1 unspecified atom stereocenters. The third-order valence-corrected chi connectivity index (χ3v) is 4.17. The molecule has 0 amide bonds. The number of carbonyl (C=O) groups excluding carboxylic acids is 2. The van der Waals surface area contributed by atoms with Gasteiger partial charge in [-0.3, -0.25) is 9.59 Å². The highest BCUT2D eigenvalue weighted by Crippen LogP contribution is 2.40. The Labute approximate surface area is 108 Å². The number of ketones is 2. The zero-order valence-electron chi connectivity index (χ0n) is 11.4. The van der Waals surface area contributed by atoms with Crippen LogP contribution in [0.15, 0.2) is 12.6 Å². The molecule has 2 nitrogen and oxygen atoms in total. The molecule has 18 heavy (non-hydrogen) atoms. The van der Waals surface area contributed by atoms with E-state index in [1.165, 1.54) is 6.92 Å². The molecule has 2 rings (SSSR count). The average molecular weight is 242 g/mol. The van der Waals surface area contributed by atoms with E-state index in [1.54, 1.807) is 13.0 Å². The van der Waals surface area contributed by atoms with Crippen LogP contribution in [0, 0.1) is 19.3 Å². The highest BCUT2D eigenvalue weighted by atomic mass is 16.2. The van der Waals surface area contributed by atoms with Gasteiger partial charge in [-0.1, -0.05) is 18.7 Å². The zero-order valence-corrected chi connectivity index (χ0v) is 11.4. The summed E-state index contributed by atoms with van der Waals surface area (Å²) in [6.45, 7) is 11.0. The molecule has 1 atom stereocenters. The van der Waals surface area contributed by atoms with Crippen LogP contribution in [0.1, 0.15) is 46.5 Å². The minimum atomic E-state index is -0.876. The van der Waals surface area contributed by atoms with E-state index < -0.39 is 5.41 Å². The normalized spacial score (nSPS) is 21.9. The molecule has 1 aliphatic carbocycles. The lowest BCUT2D eigenvalue weighted by molar-refractivity contribution is -0.123. The second-order valence-electron chi connectivity index (χ2n) is 5.36. The first-order valence-corrected chi connectivity index (χ1v) is 6.14. The second kappa shape index (κ2) is 3.91. The van der Waals surface area contributed by atoms with E-state index in [4.69, 9.17) is 0 Å². The largest absolute Gasteiger partial charge is 0.299 e. The summed E-state index contributed by atoms with van der Waals surface area (Å²) >= 11 is 0. The van der Waals surface area contributed by atoms with Gasteiger partial charge in [-0.2, -0.15) is 0 Å². The Hall–Kier alpha value is -1.70. The molecule has 0 bridgehead atoms. The number of rotatable bonds is 2. The fourth-order valence-electron chi connectivity index (χ4n) is 2.87. The van der Waals surface area contributed by atoms with Crippen LogP contribution < -0.4 is 0 Å². The molecule has 0 saturated carbocycles. The first kappa shape index (κ1) is 12.7. The van der Waals surface area contributed by atoms with Crippen LogP contribution >= 0.6 is 0 Å². The molecule has 0 fully saturated rings. The Kier molecular flexibility index (Phi) is 2.77. The highest BCUT2D eigenvalue weighted by Gasteiger charge is 2.46. The summed E-state index contributed by atoms with van der Waals surface area (Å²) in [6.07, 6.45) is 2.30. The van der Waals surface area contributed by atoms with Gasteiger partial charge in [0.15, 0.2) is 5.78 Å². The maximum atomic E-state index is 12.5. The summed E-state index contributed by atoms with van der Waals surface area (Å²) in [5.74, 6) is -0.0912. The molecule has 0 aromatic heterocycles. The highest BCUT2D eigenvalue weighted by molar-refractivity contribution is 6.18. The summed E-state index contributed by atoms with van der Waals surface area (Å²) in [5, 5.41) is 0. The first-order chi connectivity index (χ1) is 8.32. The average Bonchev–Trinajstić information content (AvgIpc) is 2.53. The predicted octanol–water partition coefficient (Wildman–Crippen LogP) is 3.28. The molecule has 0 heterocycles. The minimum Gasteiger partial charge on any atom is -0.299 e. The van der Waals surface area contributed by atoms with Crippen molar-refractivity contribution in [3.05, 3.63) is 40.5 Å². The van der Waals surface area contributed by atoms with E-state index in [0.29, 0.717) is 6.42 Å². The molecule has 0 aliphatic heterocycles. The number of carbonyl (C=O) groups is 2. The molecule has 2 heteroatoms. The molecule has 0 radical (unpaired) electrons. The quantitative estimate of drug-likeness (QED) is 0.746. The molecule has 1 aromatic rings.